The predicted molar refractivity (Wildman–Crippen MR) is 103 cm³/mol. The molecule has 5 heteroatoms. The van der Waals surface area contributed by atoms with Crippen LogP contribution in [0.5, 0.6) is 0 Å². The lowest BCUT2D eigenvalue weighted by Gasteiger charge is -2.36. The summed E-state index contributed by atoms with van der Waals surface area (Å²) >= 11 is 1.81. The first kappa shape index (κ1) is 15.7. The summed E-state index contributed by atoms with van der Waals surface area (Å²) in [6.07, 6.45) is 1.23. The smallest absolute Gasteiger partial charge is 0.139 e. The Morgan fingerprint density at radius 3 is 2.75 bits per heavy atom. The van der Waals surface area contributed by atoms with E-state index in [-0.39, 0.29) is 0 Å². The summed E-state index contributed by atoms with van der Waals surface area (Å²) in [5.74, 6) is 1.13. The van der Waals surface area contributed by atoms with Crippen LogP contribution in [0.25, 0.3) is 0 Å². The number of para-hydroxylation sites is 2. The highest BCUT2D eigenvalue weighted by Gasteiger charge is 2.25. The summed E-state index contributed by atoms with van der Waals surface area (Å²) in [7, 11) is 0. The largest absolute Gasteiger partial charge is 0.353 e. The van der Waals surface area contributed by atoms with Crippen molar-refractivity contribution in [2.24, 2.45) is 4.99 Å². The van der Waals surface area contributed by atoms with E-state index in [2.05, 4.69) is 59.3 Å². The van der Waals surface area contributed by atoms with E-state index in [9.17, 15) is 0 Å². The number of piperazine rings is 1. The Morgan fingerprint density at radius 1 is 1.17 bits per heavy atom. The third-order valence-corrected chi connectivity index (χ3v) is 5.65. The maximum atomic E-state index is 5.06. The van der Waals surface area contributed by atoms with Crippen LogP contribution in [0.4, 0.5) is 16.4 Å². The topological polar surface area (TPSA) is 30.9 Å². The summed E-state index contributed by atoms with van der Waals surface area (Å²) in [6.45, 7) is 9.98. The van der Waals surface area contributed by atoms with Crippen LogP contribution in [0.3, 0.4) is 0 Å². The number of benzene rings is 1. The number of aryl methyl sites for hydroxylation is 1. The van der Waals surface area contributed by atoms with Gasteiger partial charge in [-0.2, -0.15) is 0 Å². The van der Waals surface area contributed by atoms with Gasteiger partial charge in [-0.15, -0.1) is 11.3 Å². The first-order valence-corrected chi connectivity index (χ1v) is 9.59. The minimum Gasteiger partial charge on any atom is -0.353 e. The fourth-order valence-electron chi connectivity index (χ4n) is 3.49. The van der Waals surface area contributed by atoms with E-state index in [0.717, 1.165) is 43.4 Å². The summed E-state index contributed by atoms with van der Waals surface area (Å²) < 4.78 is 0. The molecule has 1 aromatic heterocycles. The van der Waals surface area contributed by atoms with Gasteiger partial charge in [-0.1, -0.05) is 19.1 Å². The van der Waals surface area contributed by atoms with Crippen LogP contribution < -0.4 is 5.32 Å². The normalized spacial score (nSPS) is 17.6. The molecule has 1 N–H and O–H groups in total. The van der Waals surface area contributed by atoms with Crippen molar-refractivity contribution < 1.29 is 0 Å². The molecule has 24 heavy (non-hydrogen) atoms. The fraction of sp³-hybridized carbons (Fsp3) is 0.421. The Kier molecular flexibility index (Phi) is 4.29. The zero-order valence-electron chi connectivity index (χ0n) is 14.4. The van der Waals surface area contributed by atoms with E-state index < -0.39 is 0 Å². The third kappa shape index (κ3) is 2.94. The van der Waals surface area contributed by atoms with Gasteiger partial charge in [-0.25, -0.2) is 4.99 Å². The minimum absolute atomic E-state index is 1.03. The standard InChI is InChI=1S/C19H24N4S/c1-3-8-22-9-11-23(12-10-22)18-15-13-14(2)24-19(15)21-17-7-5-4-6-16(17)20-18/h4-7,13,21H,3,8-12H2,1-2H3. The SMILES string of the molecule is CCCN1CCN(C2=Nc3ccccc3Nc3sc(C)cc32)CC1. The van der Waals surface area contributed by atoms with Crippen molar-refractivity contribution in [3.05, 3.63) is 40.8 Å². The molecule has 0 unspecified atom stereocenters. The van der Waals surface area contributed by atoms with Crippen molar-refractivity contribution in [3.63, 3.8) is 0 Å². The number of thiophene rings is 1. The number of amidine groups is 1. The van der Waals surface area contributed by atoms with Gasteiger partial charge >= 0.3 is 0 Å². The van der Waals surface area contributed by atoms with Gasteiger partial charge in [0.15, 0.2) is 0 Å². The van der Waals surface area contributed by atoms with E-state index in [1.807, 2.05) is 11.3 Å². The van der Waals surface area contributed by atoms with Gasteiger partial charge in [-0.05, 0) is 38.1 Å². The van der Waals surface area contributed by atoms with Gasteiger partial charge in [0.2, 0.25) is 0 Å². The average molecular weight is 340 g/mol. The fourth-order valence-corrected chi connectivity index (χ4v) is 4.41. The molecule has 126 valence electrons. The number of anilines is 2. The van der Waals surface area contributed by atoms with Crippen LogP contribution in [-0.4, -0.2) is 48.4 Å². The van der Waals surface area contributed by atoms with E-state index in [0.29, 0.717) is 0 Å². The van der Waals surface area contributed by atoms with Crippen LogP contribution in [0.15, 0.2) is 35.3 Å². The number of rotatable bonds is 2. The molecule has 2 aromatic rings. The molecule has 0 amide bonds. The van der Waals surface area contributed by atoms with Crippen molar-refractivity contribution in [3.8, 4) is 0 Å². The highest BCUT2D eigenvalue weighted by atomic mass is 32.1. The molecule has 1 fully saturated rings. The van der Waals surface area contributed by atoms with Crippen molar-refractivity contribution in [2.75, 3.05) is 38.0 Å². The average Bonchev–Trinajstić information content (AvgIpc) is 2.88. The van der Waals surface area contributed by atoms with Crippen molar-refractivity contribution >= 4 is 33.5 Å². The first-order chi connectivity index (χ1) is 11.7. The Bertz CT molecular complexity index is 756. The Morgan fingerprint density at radius 2 is 1.96 bits per heavy atom. The maximum Gasteiger partial charge on any atom is 0.139 e. The molecule has 0 spiro atoms. The van der Waals surface area contributed by atoms with Gasteiger partial charge in [0.1, 0.15) is 10.8 Å². The zero-order chi connectivity index (χ0) is 16.5. The molecule has 2 aliphatic rings. The first-order valence-electron chi connectivity index (χ1n) is 8.77. The van der Waals surface area contributed by atoms with Gasteiger partial charge < -0.3 is 10.2 Å². The van der Waals surface area contributed by atoms with Crippen LogP contribution in [-0.2, 0) is 0 Å². The quantitative estimate of drug-likeness (QED) is 0.888. The number of aliphatic imine (C=N–C) groups is 1. The highest BCUT2D eigenvalue weighted by molar-refractivity contribution is 7.16. The van der Waals surface area contributed by atoms with Crippen LogP contribution in [0, 0.1) is 6.92 Å². The molecule has 0 bridgehead atoms. The molecule has 4 nitrogen and oxygen atoms in total. The van der Waals surface area contributed by atoms with Gasteiger partial charge in [0.25, 0.3) is 0 Å². The number of hydrogen-bond donors (Lipinski definition) is 1. The van der Waals surface area contributed by atoms with Crippen molar-refractivity contribution in [2.45, 2.75) is 20.3 Å². The molecule has 0 radical (unpaired) electrons. The lowest BCUT2D eigenvalue weighted by atomic mass is 10.2. The van der Waals surface area contributed by atoms with Gasteiger partial charge in [0, 0.05) is 31.1 Å². The van der Waals surface area contributed by atoms with Gasteiger partial charge in [0.05, 0.1) is 16.9 Å². The van der Waals surface area contributed by atoms with E-state index in [1.54, 1.807) is 0 Å². The Hall–Kier alpha value is -1.85. The molecular weight excluding hydrogens is 316 g/mol. The molecule has 0 atom stereocenters. The Labute approximate surface area is 147 Å². The minimum atomic E-state index is 1.03. The van der Waals surface area contributed by atoms with Gasteiger partial charge in [-0.3, -0.25) is 4.90 Å². The Balaban J connectivity index is 1.69. The van der Waals surface area contributed by atoms with E-state index >= 15 is 0 Å². The summed E-state index contributed by atoms with van der Waals surface area (Å²) in [5, 5.41) is 4.80. The third-order valence-electron chi connectivity index (χ3n) is 4.69. The molecule has 3 heterocycles. The highest BCUT2D eigenvalue weighted by Crippen LogP contribution is 2.39. The van der Waals surface area contributed by atoms with Crippen molar-refractivity contribution in [1.82, 2.24) is 9.80 Å². The lowest BCUT2D eigenvalue weighted by Crippen LogP contribution is -2.49. The van der Waals surface area contributed by atoms with Crippen LogP contribution in [0.1, 0.15) is 23.8 Å². The molecule has 1 aromatic carbocycles. The molecule has 4 rings (SSSR count). The number of fused-ring (bicyclic) bond motifs is 2. The molecule has 0 saturated carbocycles. The molecular formula is C19H24N4S. The molecule has 1 saturated heterocycles. The van der Waals surface area contributed by atoms with Crippen LogP contribution in [0.2, 0.25) is 0 Å². The maximum absolute atomic E-state index is 5.06. The van der Waals surface area contributed by atoms with E-state index in [4.69, 9.17) is 4.99 Å². The second-order valence-electron chi connectivity index (χ2n) is 6.51. The molecule has 0 aliphatic carbocycles. The number of nitrogens with zero attached hydrogens (tertiary/aromatic N) is 3. The number of hydrogen-bond acceptors (Lipinski definition) is 5. The lowest BCUT2D eigenvalue weighted by molar-refractivity contribution is 0.183. The number of nitrogens with one attached hydrogen (secondary N) is 1. The summed E-state index contributed by atoms with van der Waals surface area (Å²) in [4.78, 5) is 11.4. The molecule has 2 aliphatic heterocycles. The second-order valence-corrected chi connectivity index (χ2v) is 7.76. The van der Waals surface area contributed by atoms with Crippen LogP contribution >= 0.6 is 11.3 Å². The zero-order valence-corrected chi connectivity index (χ0v) is 15.2. The monoisotopic (exact) mass is 340 g/mol. The van der Waals surface area contributed by atoms with Crippen molar-refractivity contribution in [1.29, 1.82) is 0 Å². The summed E-state index contributed by atoms with van der Waals surface area (Å²) in [6, 6.07) is 10.6. The van der Waals surface area contributed by atoms with E-state index in [1.165, 1.54) is 28.4 Å². The predicted octanol–water partition coefficient (Wildman–Crippen LogP) is 4.22. The second kappa shape index (κ2) is 6.57. The summed E-state index contributed by atoms with van der Waals surface area (Å²) in [5.41, 5.74) is 3.38.